The number of nitro benzene ring substituents is 1. The smallest absolute Gasteiger partial charge is 0.294 e. The number of rotatable bonds is 3. The molecule has 0 heterocycles. The van der Waals surface area contributed by atoms with Crippen LogP contribution in [-0.4, -0.2) is 18.9 Å². The zero-order chi connectivity index (χ0) is 15.0. The Morgan fingerprint density at radius 2 is 1.89 bits per heavy atom. The lowest BCUT2D eigenvalue weighted by atomic mass is 10.1. The molecule has 0 amide bonds. The first-order valence-electron chi connectivity index (χ1n) is 5.21. The van der Waals surface area contributed by atoms with E-state index in [4.69, 9.17) is 5.73 Å². The summed E-state index contributed by atoms with van der Waals surface area (Å²) in [5.74, 6) is 0. The van der Waals surface area contributed by atoms with Crippen LogP contribution in [0, 0.1) is 10.1 Å². The zero-order valence-corrected chi connectivity index (χ0v) is 13.0. The van der Waals surface area contributed by atoms with E-state index >= 15 is 0 Å². The third kappa shape index (κ3) is 3.88. The van der Waals surface area contributed by atoms with Crippen LogP contribution in [0.2, 0.25) is 0 Å². The van der Waals surface area contributed by atoms with Crippen molar-refractivity contribution in [1.82, 2.24) is 4.72 Å². The molecule has 9 heteroatoms. The first-order valence-corrected chi connectivity index (χ1v) is 7.49. The van der Waals surface area contributed by atoms with Crippen molar-refractivity contribution in [2.75, 3.05) is 5.73 Å². The van der Waals surface area contributed by atoms with E-state index in [1.807, 2.05) is 0 Å². The fraction of sp³-hybridized carbons (Fsp3) is 0.400. The predicted octanol–water partition coefficient (Wildman–Crippen LogP) is 2.02. The molecule has 0 fully saturated rings. The highest BCUT2D eigenvalue weighted by Gasteiger charge is 2.26. The number of nitrogens with two attached hydrogens (primary N) is 1. The van der Waals surface area contributed by atoms with Crippen LogP contribution in [0.1, 0.15) is 20.8 Å². The molecular formula is C10H14BrN3O4S. The average molecular weight is 352 g/mol. The SMILES string of the molecule is CC(C)(C)NS(=O)(=O)c1cc(Br)c(N)c([N+](=O)[O-])c1. The molecular weight excluding hydrogens is 338 g/mol. The van der Waals surface area contributed by atoms with Crippen molar-refractivity contribution < 1.29 is 13.3 Å². The molecule has 0 radical (unpaired) electrons. The lowest BCUT2D eigenvalue weighted by Gasteiger charge is -2.20. The number of anilines is 1. The minimum atomic E-state index is -3.85. The molecule has 1 aromatic carbocycles. The molecule has 1 aromatic rings. The predicted molar refractivity (Wildman–Crippen MR) is 75.3 cm³/mol. The van der Waals surface area contributed by atoms with Crippen molar-refractivity contribution >= 4 is 37.3 Å². The highest BCUT2D eigenvalue weighted by molar-refractivity contribution is 9.10. The van der Waals surface area contributed by atoms with Crippen LogP contribution in [0.25, 0.3) is 0 Å². The normalized spacial score (nSPS) is 12.4. The van der Waals surface area contributed by atoms with Crippen molar-refractivity contribution in [1.29, 1.82) is 0 Å². The van der Waals surface area contributed by atoms with E-state index in [9.17, 15) is 18.5 Å². The number of halogens is 1. The number of benzene rings is 1. The van der Waals surface area contributed by atoms with Gasteiger partial charge in [0.1, 0.15) is 5.69 Å². The molecule has 7 nitrogen and oxygen atoms in total. The number of hydrogen-bond donors (Lipinski definition) is 2. The summed E-state index contributed by atoms with van der Waals surface area (Å²) in [6.07, 6.45) is 0. The second-order valence-corrected chi connectivity index (χ2v) is 7.49. The molecule has 0 spiro atoms. The van der Waals surface area contributed by atoms with Crippen molar-refractivity contribution in [3.05, 3.63) is 26.7 Å². The fourth-order valence-electron chi connectivity index (χ4n) is 1.35. The largest absolute Gasteiger partial charge is 0.392 e. The molecule has 106 valence electrons. The van der Waals surface area contributed by atoms with Crippen molar-refractivity contribution in [2.45, 2.75) is 31.2 Å². The van der Waals surface area contributed by atoms with Crippen LogP contribution in [0.5, 0.6) is 0 Å². The number of hydrogen-bond acceptors (Lipinski definition) is 5. The summed E-state index contributed by atoms with van der Waals surface area (Å²) in [6, 6.07) is 2.17. The second kappa shape index (κ2) is 5.06. The number of nitrogens with one attached hydrogen (secondary N) is 1. The lowest BCUT2D eigenvalue weighted by Crippen LogP contribution is -2.40. The van der Waals surface area contributed by atoms with E-state index in [-0.39, 0.29) is 15.1 Å². The molecule has 0 saturated carbocycles. The van der Waals surface area contributed by atoms with Gasteiger partial charge in [0.2, 0.25) is 10.0 Å². The number of nitro groups is 1. The monoisotopic (exact) mass is 351 g/mol. The molecule has 19 heavy (non-hydrogen) atoms. The average Bonchev–Trinajstić information content (AvgIpc) is 2.17. The minimum absolute atomic E-state index is 0.111. The van der Waals surface area contributed by atoms with Gasteiger partial charge in [-0.3, -0.25) is 10.1 Å². The van der Waals surface area contributed by atoms with Gasteiger partial charge < -0.3 is 5.73 Å². The zero-order valence-electron chi connectivity index (χ0n) is 10.6. The maximum atomic E-state index is 12.1. The van der Waals surface area contributed by atoms with Gasteiger partial charge in [0.15, 0.2) is 0 Å². The lowest BCUT2D eigenvalue weighted by molar-refractivity contribution is -0.384. The molecule has 0 aliphatic rings. The van der Waals surface area contributed by atoms with Crippen molar-refractivity contribution in [3.63, 3.8) is 0 Å². The van der Waals surface area contributed by atoms with Gasteiger partial charge in [-0.15, -0.1) is 0 Å². The Balaban J connectivity index is 3.41. The van der Waals surface area contributed by atoms with E-state index in [1.54, 1.807) is 20.8 Å². The van der Waals surface area contributed by atoms with Gasteiger partial charge in [0, 0.05) is 16.1 Å². The number of sulfonamides is 1. The standard InChI is InChI=1S/C10H14BrN3O4S/c1-10(2,3)13-19(17,18)6-4-7(11)9(12)8(5-6)14(15)16/h4-5,13H,12H2,1-3H3. The van der Waals surface area contributed by atoms with Crippen LogP contribution < -0.4 is 10.5 Å². The third-order valence-corrected chi connectivity index (χ3v) is 4.42. The van der Waals surface area contributed by atoms with Gasteiger partial charge in [-0.2, -0.15) is 0 Å². The van der Waals surface area contributed by atoms with E-state index in [1.165, 1.54) is 6.07 Å². The Bertz CT molecular complexity index is 622. The Hall–Kier alpha value is -1.19. The first kappa shape index (κ1) is 15.9. The van der Waals surface area contributed by atoms with E-state index in [0.717, 1.165) is 6.07 Å². The van der Waals surface area contributed by atoms with Crippen molar-refractivity contribution in [2.24, 2.45) is 0 Å². The Kier molecular flexibility index (Phi) is 4.23. The van der Waals surface area contributed by atoms with Crippen LogP contribution in [0.4, 0.5) is 11.4 Å². The summed E-state index contributed by atoms with van der Waals surface area (Å²) >= 11 is 3.02. The molecule has 0 aromatic heterocycles. The molecule has 0 saturated heterocycles. The highest BCUT2D eigenvalue weighted by Crippen LogP contribution is 2.33. The van der Waals surface area contributed by atoms with E-state index in [0.29, 0.717) is 0 Å². The molecule has 0 aliphatic heterocycles. The Morgan fingerprint density at radius 1 is 1.37 bits per heavy atom. The molecule has 3 N–H and O–H groups in total. The summed E-state index contributed by atoms with van der Waals surface area (Å²) in [6.45, 7) is 5.02. The second-order valence-electron chi connectivity index (χ2n) is 4.95. The number of nitrogens with zero attached hydrogens (tertiary/aromatic N) is 1. The quantitative estimate of drug-likeness (QED) is 0.490. The van der Waals surface area contributed by atoms with E-state index in [2.05, 4.69) is 20.7 Å². The summed E-state index contributed by atoms with van der Waals surface area (Å²) in [5, 5.41) is 10.8. The van der Waals surface area contributed by atoms with Gasteiger partial charge in [-0.05, 0) is 42.8 Å². The topological polar surface area (TPSA) is 115 Å². The minimum Gasteiger partial charge on any atom is -0.392 e. The molecule has 0 aliphatic carbocycles. The molecule has 1 rings (SSSR count). The van der Waals surface area contributed by atoms with E-state index < -0.39 is 26.2 Å². The summed E-state index contributed by atoms with van der Waals surface area (Å²) in [5.41, 5.74) is 4.26. The molecule has 0 atom stereocenters. The van der Waals surface area contributed by atoms with Gasteiger partial charge >= 0.3 is 0 Å². The fourth-order valence-corrected chi connectivity index (χ4v) is 3.41. The van der Waals surface area contributed by atoms with Crippen LogP contribution in [0.3, 0.4) is 0 Å². The maximum Gasteiger partial charge on any atom is 0.294 e. The van der Waals surface area contributed by atoms with Gasteiger partial charge in [-0.1, -0.05) is 0 Å². The Labute approximate surface area is 119 Å². The number of nitrogen functional groups attached to an aromatic ring is 1. The highest BCUT2D eigenvalue weighted by atomic mass is 79.9. The molecule has 0 unspecified atom stereocenters. The van der Waals surface area contributed by atoms with Gasteiger partial charge in [-0.25, -0.2) is 13.1 Å². The van der Waals surface area contributed by atoms with Crippen LogP contribution in [-0.2, 0) is 10.0 Å². The van der Waals surface area contributed by atoms with Gasteiger partial charge in [0.25, 0.3) is 5.69 Å². The van der Waals surface area contributed by atoms with Gasteiger partial charge in [0.05, 0.1) is 9.82 Å². The first-order chi connectivity index (χ1) is 8.44. The summed E-state index contributed by atoms with van der Waals surface area (Å²) in [4.78, 5) is 9.89. The van der Waals surface area contributed by atoms with Crippen LogP contribution in [0.15, 0.2) is 21.5 Å². The summed E-state index contributed by atoms with van der Waals surface area (Å²) in [7, 11) is -3.85. The van der Waals surface area contributed by atoms with Crippen LogP contribution >= 0.6 is 15.9 Å². The third-order valence-electron chi connectivity index (χ3n) is 2.03. The maximum absolute atomic E-state index is 12.1. The summed E-state index contributed by atoms with van der Waals surface area (Å²) < 4.78 is 26.8. The Morgan fingerprint density at radius 3 is 2.32 bits per heavy atom. The molecule has 0 bridgehead atoms. The van der Waals surface area contributed by atoms with Crippen molar-refractivity contribution in [3.8, 4) is 0 Å².